The Morgan fingerprint density at radius 2 is 1.62 bits per heavy atom. The number of hydrogen-bond donors (Lipinski definition) is 1. The third-order valence-electron chi connectivity index (χ3n) is 4.36. The minimum Gasteiger partial charge on any atom is -0.491 e. The first-order valence-corrected chi connectivity index (χ1v) is 11.1. The van der Waals surface area contributed by atoms with Crippen LogP contribution < -0.4 is 4.74 Å². The van der Waals surface area contributed by atoms with Crippen molar-refractivity contribution in [2.24, 2.45) is 5.92 Å². The van der Waals surface area contributed by atoms with Crippen molar-refractivity contribution in [1.82, 2.24) is 4.90 Å². The molecule has 1 atom stereocenters. The van der Waals surface area contributed by atoms with Gasteiger partial charge in [0.05, 0.1) is 11.6 Å². The van der Waals surface area contributed by atoms with E-state index >= 15 is 0 Å². The van der Waals surface area contributed by atoms with E-state index in [1.807, 2.05) is 39.5 Å². The molecule has 2 rings (SSSR count). The summed E-state index contributed by atoms with van der Waals surface area (Å²) in [5, 5.41) is 8.82. The van der Waals surface area contributed by atoms with Crippen LogP contribution in [-0.2, 0) is 4.79 Å². The summed E-state index contributed by atoms with van der Waals surface area (Å²) in [4.78, 5) is 24.4. The molecule has 1 aromatic rings. The number of aromatic carboxylic acids is 1. The van der Waals surface area contributed by atoms with Crippen LogP contribution in [0, 0.1) is 5.92 Å². The summed E-state index contributed by atoms with van der Waals surface area (Å²) in [6.07, 6.45) is 3.79. The Kier molecular flexibility index (Phi) is 18.1. The number of amides is 1. The number of carbonyl (C=O) groups excluding carboxylic acids is 1. The third-order valence-corrected chi connectivity index (χ3v) is 4.36. The molecule has 1 saturated heterocycles. The fourth-order valence-electron chi connectivity index (χ4n) is 2.43. The largest absolute Gasteiger partial charge is 0.491 e. The zero-order valence-electron chi connectivity index (χ0n) is 19.8. The molecule has 0 aliphatic carbocycles. The Hall–Kier alpha value is -2.04. The summed E-state index contributed by atoms with van der Waals surface area (Å²) in [6, 6.07) is 6.44. The van der Waals surface area contributed by atoms with Crippen molar-refractivity contribution >= 4 is 11.9 Å². The Balaban J connectivity index is 0. The minimum absolute atomic E-state index is 0.126. The van der Waals surface area contributed by atoms with Crippen LogP contribution in [0.15, 0.2) is 24.3 Å². The number of carboxylic acid groups (broad SMARTS) is 1. The molecule has 0 bridgehead atoms. The average molecular weight is 410 g/mol. The number of benzene rings is 1. The second-order valence-corrected chi connectivity index (χ2v) is 6.68. The quantitative estimate of drug-likeness (QED) is 0.601. The number of ether oxygens (including phenoxy) is 1. The van der Waals surface area contributed by atoms with E-state index in [0.717, 1.165) is 25.3 Å². The van der Waals surface area contributed by atoms with Gasteiger partial charge in [0.2, 0.25) is 5.91 Å². The van der Waals surface area contributed by atoms with Crippen LogP contribution in [-0.4, -0.2) is 41.1 Å². The molecule has 168 valence electrons. The van der Waals surface area contributed by atoms with Crippen LogP contribution in [0.3, 0.4) is 0 Å². The summed E-state index contributed by atoms with van der Waals surface area (Å²) in [5.74, 6) is 0.727. The fraction of sp³-hybridized carbons (Fsp3) is 0.667. The van der Waals surface area contributed by atoms with E-state index in [2.05, 4.69) is 20.8 Å². The van der Waals surface area contributed by atoms with Gasteiger partial charge in [-0.15, -0.1) is 0 Å². The number of carbonyl (C=O) groups is 2. The van der Waals surface area contributed by atoms with E-state index in [9.17, 15) is 9.59 Å². The van der Waals surface area contributed by atoms with Gasteiger partial charge < -0.3 is 14.7 Å². The van der Waals surface area contributed by atoms with Crippen LogP contribution in [0.5, 0.6) is 5.75 Å². The predicted molar refractivity (Wildman–Crippen MR) is 122 cm³/mol. The van der Waals surface area contributed by atoms with Gasteiger partial charge in [-0.2, -0.15) is 0 Å². The zero-order valence-corrected chi connectivity index (χ0v) is 19.8. The van der Waals surface area contributed by atoms with Crippen LogP contribution in [0.25, 0.3) is 0 Å². The maximum absolute atomic E-state index is 11.8. The maximum atomic E-state index is 11.8. The van der Waals surface area contributed by atoms with E-state index < -0.39 is 5.97 Å². The molecule has 1 aliphatic rings. The Labute approximate surface area is 178 Å². The Morgan fingerprint density at radius 3 is 2.03 bits per heavy atom. The molecule has 0 aromatic heterocycles. The molecule has 1 N–H and O–H groups in total. The van der Waals surface area contributed by atoms with Gasteiger partial charge in [-0.05, 0) is 43.0 Å². The second-order valence-electron chi connectivity index (χ2n) is 6.68. The summed E-state index contributed by atoms with van der Waals surface area (Å²) in [7, 11) is 0. The van der Waals surface area contributed by atoms with E-state index in [0.29, 0.717) is 18.8 Å². The number of likely N-dealkylation sites (tertiary alicyclic amines) is 1. The molecule has 5 heteroatoms. The van der Waals surface area contributed by atoms with E-state index in [4.69, 9.17) is 9.84 Å². The number of carboxylic acids is 1. The van der Waals surface area contributed by atoms with Crippen molar-refractivity contribution in [3.63, 3.8) is 0 Å². The molecule has 1 heterocycles. The van der Waals surface area contributed by atoms with Gasteiger partial charge in [0.1, 0.15) is 12.4 Å². The standard InChI is InChI=1S/C15H19NO4.C5H12.2C2H6/c1-2-14(17)16-9-3-4-12(16)10-20-13-7-5-11(6-8-13)15(18)19;1-4-5(2)3;2*1-2/h5-8,12H,2-4,9-10H2,1H3,(H,18,19);5H,4H2,1-3H3;2*1-2H3. The molecule has 1 amide bonds. The van der Waals surface area contributed by atoms with Crippen molar-refractivity contribution < 1.29 is 19.4 Å². The summed E-state index contributed by atoms with van der Waals surface area (Å²) in [6.45, 7) is 17.8. The molecule has 1 unspecified atom stereocenters. The molecule has 5 nitrogen and oxygen atoms in total. The fourth-order valence-corrected chi connectivity index (χ4v) is 2.43. The highest BCUT2D eigenvalue weighted by molar-refractivity contribution is 5.87. The molecule has 0 saturated carbocycles. The third kappa shape index (κ3) is 12.2. The van der Waals surface area contributed by atoms with Crippen molar-refractivity contribution in [2.45, 2.75) is 87.1 Å². The molecule has 29 heavy (non-hydrogen) atoms. The highest BCUT2D eigenvalue weighted by Crippen LogP contribution is 2.20. The summed E-state index contributed by atoms with van der Waals surface area (Å²) < 4.78 is 5.66. The van der Waals surface area contributed by atoms with E-state index in [1.54, 1.807) is 12.1 Å². The number of hydrogen-bond acceptors (Lipinski definition) is 3. The predicted octanol–water partition coefficient (Wildman–Crippen LogP) is 6.27. The molecule has 1 fully saturated rings. The lowest BCUT2D eigenvalue weighted by atomic mass is 10.2. The molecule has 1 aliphatic heterocycles. The second kappa shape index (κ2) is 18.0. The van der Waals surface area contributed by atoms with Gasteiger partial charge in [0, 0.05) is 13.0 Å². The highest BCUT2D eigenvalue weighted by atomic mass is 16.5. The van der Waals surface area contributed by atoms with E-state index in [1.165, 1.54) is 18.6 Å². The zero-order chi connectivity index (χ0) is 22.8. The summed E-state index contributed by atoms with van der Waals surface area (Å²) >= 11 is 0. The number of nitrogens with zero attached hydrogens (tertiary/aromatic N) is 1. The molecule has 0 radical (unpaired) electrons. The monoisotopic (exact) mass is 409 g/mol. The maximum Gasteiger partial charge on any atom is 0.335 e. The van der Waals surface area contributed by atoms with Gasteiger partial charge in [-0.3, -0.25) is 4.79 Å². The highest BCUT2D eigenvalue weighted by Gasteiger charge is 2.28. The molecule has 1 aromatic carbocycles. The van der Waals surface area contributed by atoms with Gasteiger partial charge in [0.25, 0.3) is 0 Å². The first kappa shape index (κ1) is 29.2. The first-order chi connectivity index (χ1) is 13.9. The molecular weight excluding hydrogens is 366 g/mol. The minimum atomic E-state index is -0.952. The smallest absolute Gasteiger partial charge is 0.335 e. The van der Waals surface area contributed by atoms with Crippen molar-refractivity contribution in [2.75, 3.05) is 13.2 Å². The van der Waals surface area contributed by atoms with Crippen LogP contribution in [0.2, 0.25) is 0 Å². The average Bonchev–Trinajstić information content (AvgIpc) is 3.24. The summed E-state index contributed by atoms with van der Waals surface area (Å²) in [5.41, 5.74) is 0.237. The topological polar surface area (TPSA) is 66.8 Å². The lowest BCUT2D eigenvalue weighted by Gasteiger charge is -2.24. The van der Waals surface area contributed by atoms with Crippen LogP contribution in [0.1, 0.15) is 91.4 Å². The van der Waals surface area contributed by atoms with Crippen LogP contribution >= 0.6 is 0 Å². The van der Waals surface area contributed by atoms with E-state index in [-0.39, 0.29) is 17.5 Å². The van der Waals surface area contributed by atoms with Crippen molar-refractivity contribution in [3.8, 4) is 5.75 Å². The Bertz CT molecular complexity index is 540. The Morgan fingerprint density at radius 1 is 1.10 bits per heavy atom. The first-order valence-electron chi connectivity index (χ1n) is 11.1. The van der Waals surface area contributed by atoms with Crippen molar-refractivity contribution in [1.29, 1.82) is 0 Å². The van der Waals surface area contributed by atoms with Crippen LogP contribution in [0.4, 0.5) is 0 Å². The lowest BCUT2D eigenvalue weighted by molar-refractivity contribution is -0.132. The molecular formula is C24H43NO4. The molecule has 0 spiro atoms. The normalized spacial score (nSPS) is 14.5. The van der Waals surface area contributed by atoms with Crippen molar-refractivity contribution in [3.05, 3.63) is 29.8 Å². The SMILES string of the molecule is CC.CC.CCC(=O)N1CCCC1COc1ccc(C(=O)O)cc1.CCC(C)C. The van der Waals surface area contributed by atoms with Gasteiger partial charge in [-0.25, -0.2) is 4.79 Å². The van der Waals surface area contributed by atoms with Gasteiger partial charge >= 0.3 is 5.97 Å². The van der Waals surface area contributed by atoms with Gasteiger partial charge in [0.15, 0.2) is 0 Å². The number of rotatable bonds is 6. The van der Waals surface area contributed by atoms with Gasteiger partial charge in [-0.1, -0.05) is 61.8 Å². The lowest BCUT2D eigenvalue weighted by Crippen LogP contribution is -2.38.